The number of nitrogens with zero attached hydrogens (tertiary/aromatic N) is 1. The highest BCUT2D eigenvalue weighted by Crippen LogP contribution is 2.78. The molecule has 0 saturated heterocycles. The van der Waals surface area contributed by atoms with Crippen LogP contribution >= 0.6 is 25.0 Å². The first-order valence-electron chi connectivity index (χ1n) is 5.90. The van der Waals surface area contributed by atoms with Crippen LogP contribution in [0.5, 0.6) is 0 Å². The molecule has 0 fully saturated rings. The normalized spacial score (nSPS) is 13.7. The molecule has 2 aromatic rings. The van der Waals surface area contributed by atoms with Crippen molar-refractivity contribution in [2.75, 3.05) is 6.61 Å². The van der Waals surface area contributed by atoms with Crippen LogP contribution in [0.1, 0.15) is 0 Å². The lowest BCUT2D eigenvalue weighted by Gasteiger charge is -2.27. The van der Waals surface area contributed by atoms with Crippen molar-refractivity contribution < 1.29 is 4.52 Å². The second-order valence-corrected chi connectivity index (χ2v) is 15.5. The van der Waals surface area contributed by atoms with E-state index in [1.54, 1.807) is 0 Å². The van der Waals surface area contributed by atoms with Gasteiger partial charge in [-0.1, -0.05) is 72.5 Å². The fraction of sp³-hybridized carbons (Fsp3) is 0.0714. The van der Waals surface area contributed by atoms with Gasteiger partial charge in [0.1, 0.15) is 11.8 Å². The highest BCUT2D eigenvalue weighted by atomic mass is 33.1. The van der Waals surface area contributed by atoms with Gasteiger partial charge in [0.25, 0.3) is 0 Å². The predicted octanol–water partition coefficient (Wildman–Crippen LogP) is 3.81. The summed E-state index contributed by atoms with van der Waals surface area (Å²) >= 11 is 10.2. The Morgan fingerprint density at radius 1 is 1.05 bits per heavy atom. The van der Waals surface area contributed by atoms with Crippen molar-refractivity contribution in [3.8, 4) is 6.07 Å². The highest BCUT2D eigenvalue weighted by molar-refractivity contribution is 8.85. The molecule has 0 aliphatic heterocycles. The number of rotatable bonds is 5. The van der Waals surface area contributed by atoms with Crippen molar-refractivity contribution in [3.05, 3.63) is 60.7 Å². The van der Waals surface area contributed by atoms with E-state index in [4.69, 9.17) is 21.6 Å². The SMILES string of the molecule is N#CCOP(=S)(S)P(c1ccccc1)c1ccccc1. The molecule has 2 nitrogen and oxygen atoms in total. The van der Waals surface area contributed by atoms with E-state index in [0.717, 1.165) is 10.6 Å². The van der Waals surface area contributed by atoms with Crippen molar-refractivity contribution >= 4 is 47.4 Å². The summed E-state index contributed by atoms with van der Waals surface area (Å²) in [5.41, 5.74) is 0. The topological polar surface area (TPSA) is 33.0 Å². The Labute approximate surface area is 130 Å². The zero-order valence-electron chi connectivity index (χ0n) is 10.6. The van der Waals surface area contributed by atoms with Gasteiger partial charge in [-0.05, 0) is 10.6 Å². The van der Waals surface area contributed by atoms with Crippen LogP contribution < -0.4 is 10.6 Å². The lowest BCUT2D eigenvalue weighted by molar-refractivity contribution is 0.426. The molecule has 0 aromatic heterocycles. The molecule has 1 unspecified atom stereocenters. The van der Waals surface area contributed by atoms with Crippen LogP contribution in [0.15, 0.2) is 60.7 Å². The first-order valence-corrected chi connectivity index (χ1v) is 11.8. The molecular weight excluding hydrogens is 324 g/mol. The van der Waals surface area contributed by atoms with Crippen LogP contribution in [0.25, 0.3) is 0 Å². The van der Waals surface area contributed by atoms with E-state index in [9.17, 15) is 0 Å². The molecule has 0 amide bonds. The highest BCUT2D eigenvalue weighted by Gasteiger charge is 2.29. The summed E-state index contributed by atoms with van der Waals surface area (Å²) in [5.74, 6) is 0. The van der Waals surface area contributed by atoms with Crippen molar-refractivity contribution in [2.24, 2.45) is 0 Å². The number of thiol groups is 1. The van der Waals surface area contributed by atoms with Crippen LogP contribution in [-0.4, -0.2) is 6.61 Å². The van der Waals surface area contributed by atoms with Gasteiger partial charge in [-0.3, -0.25) is 0 Å². The molecule has 0 saturated carbocycles. The Kier molecular flexibility index (Phi) is 5.78. The molecule has 102 valence electrons. The maximum atomic E-state index is 8.72. The third-order valence-electron chi connectivity index (χ3n) is 2.55. The van der Waals surface area contributed by atoms with Gasteiger partial charge in [-0.15, -0.1) is 12.2 Å². The number of nitriles is 1. The fourth-order valence-corrected chi connectivity index (χ4v) is 10.8. The van der Waals surface area contributed by atoms with Gasteiger partial charge < -0.3 is 4.52 Å². The molecule has 6 heteroatoms. The van der Waals surface area contributed by atoms with E-state index in [-0.39, 0.29) is 6.61 Å². The lowest BCUT2D eigenvalue weighted by atomic mass is 10.4. The molecule has 2 aromatic carbocycles. The first kappa shape index (κ1) is 15.7. The van der Waals surface area contributed by atoms with E-state index in [1.807, 2.05) is 66.7 Å². The van der Waals surface area contributed by atoms with Crippen molar-refractivity contribution in [2.45, 2.75) is 0 Å². The minimum Gasteiger partial charge on any atom is -0.323 e. The quantitative estimate of drug-likeness (QED) is 0.665. The van der Waals surface area contributed by atoms with Crippen LogP contribution in [0.2, 0.25) is 0 Å². The van der Waals surface area contributed by atoms with E-state index in [0.29, 0.717) is 0 Å². The molecule has 0 radical (unpaired) electrons. The summed E-state index contributed by atoms with van der Waals surface area (Å²) in [6.45, 7) is -0.0146. The van der Waals surface area contributed by atoms with Gasteiger partial charge in [-0.2, -0.15) is 5.26 Å². The average Bonchev–Trinajstić information content (AvgIpc) is 2.47. The number of benzene rings is 2. The first-order chi connectivity index (χ1) is 9.65. The maximum Gasteiger partial charge on any atom is 0.147 e. The standard InChI is InChI=1S/C14H13NOP2S2/c15-11-12-16-18(19,20)17(13-7-3-1-4-8-13)14-9-5-2-6-10-14/h1-10H,12H2,(H,19,20). The fourth-order valence-electron chi connectivity index (χ4n) is 1.75. The lowest BCUT2D eigenvalue weighted by Crippen LogP contribution is -2.11. The third kappa shape index (κ3) is 3.92. The molecule has 0 bridgehead atoms. The molecule has 1 atom stereocenters. The zero-order valence-corrected chi connectivity index (χ0v) is 14.1. The van der Waals surface area contributed by atoms with Gasteiger partial charge >= 0.3 is 0 Å². The third-order valence-corrected chi connectivity index (χ3v) is 12.1. The molecule has 0 N–H and O–H groups in total. The van der Waals surface area contributed by atoms with Crippen LogP contribution in [0.4, 0.5) is 0 Å². The summed E-state index contributed by atoms with van der Waals surface area (Å²) in [4.78, 5) is 0. The molecule has 0 aliphatic carbocycles. The molecule has 2 rings (SSSR count). The van der Waals surface area contributed by atoms with E-state index < -0.39 is 12.8 Å². The summed E-state index contributed by atoms with van der Waals surface area (Å²) in [6.07, 6.45) is 0. The minimum atomic E-state index is -2.39. The Hall–Kier alpha value is -0.680. The van der Waals surface area contributed by atoms with Crippen molar-refractivity contribution in [3.63, 3.8) is 0 Å². The predicted molar refractivity (Wildman–Crippen MR) is 93.9 cm³/mol. The van der Waals surface area contributed by atoms with Crippen LogP contribution in [0.3, 0.4) is 0 Å². The number of hydrogen-bond acceptors (Lipinski definition) is 3. The average molecular weight is 337 g/mol. The van der Waals surface area contributed by atoms with Gasteiger partial charge in [0.15, 0.2) is 0 Å². The smallest absolute Gasteiger partial charge is 0.147 e. The summed E-state index contributed by atoms with van der Waals surface area (Å²) < 4.78 is 5.61. The second kappa shape index (κ2) is 7.36. The Morgan fingerprint density at radius 2 is 1.50 bits per heavy atom. The Morgan fingerprint density at radius 3 is 1.90 bits per heavy atom. The van der Waals surface area contributed by atoms with Gasteiger partial charge in [0, 0.05) is 7.61 Å². The monoisotopic (exact) mass is 337 g/mol. The van der Waals surface area contributed by atoms with Crippen LogP contribution in [0, 0.1) is 11.3 Å². The number of hydrogen-bond donors (Lipinski definition) is 1. The second-order valence-electron chi connectivity index (χ2n) is 3.91. The minimum absolute atomic E-state index is 0.0146. The Bertz CT molecular complexity index is 604. The molecule has 20 heavy (non-hydrogen) atoms. The molecular formula is C14H13NOP2S2. The van der Waals surface area contributed by atoms with E-state index >= 15 is 0 Å². The zero-order chi connectivity index (χ0) is 14.4. The van der Waals surface area contributed by atoms with E-state index in [2.05, 4.69) is 12.2 Å². The Balaban J connectivity index is 2.46. The van der Waals surface area contributed by atoms with Crippen molar-refractivity contribution in [1.29, 1.82) is 5.26 Å². The largest absolute Gasteiger partial charge is 0.323 e. The van der Waals surface area contributed by atoms with E-state index in [1.165, 1.54) is 0 Å². The molecule has 0 aliphatic rings. The maximum absolute atomic E-state index is 8.72. The van der Waals surface area contributed by atoms with Crippen LogP contribution in [-0.2, 0) is 16.3 Å². The van der Waals surface area contributed by atoms with Gasteiger partial charge in [0.05, 0.1) is 6.07 Å². The molecule has 0 spiro atoms. The molecule has 0 heterocycles. The summed E-state index contributed by atoms with van der Waals surface area (Å²) in [7, 11) is -0.889. The summed E-state index contributed by atoms with van der Waals surface area (Å²) in [6, 6.07) is 22.1. The van der Waals surface area contributed by atoms with Crippen molar-refractivity contribution in [1.82, 2.24) is 0 Å². The summed E-state index contributed by atoms with van der Waals surface area (Å²) in [5, 5.41) is 8.59. The van der Waals surface area contributed by atoms with Gasteiger partial charge in [-0.25, -0.2) is 0 Å². The van der Waals surface area contributed by atoms with Gasteiger partial charge in [0.2, 0.25) is 0 Å².